The monoisotopic (exact) mass is 362 g/mol. The van der Waals surface area contributed by atoms with Crippen LogP contribution in [0.4, 0.5) is 0 Å². The van der Waals surface area contributed by atoms with Crippen LogP contribution in [-0.2, 0) is 4.79 Å². The number of hydrogen-bond donors (Lipinski definition) is 2. The van der Waals surface area contributed by atoms with E-state index in [4.69, 9.17) is 0 Å². The minimum atomic E-state index is 0.0787. The summed E-state index contributed by atoms with van der Waals surface area (Å²) in [7, 11) is 3.85. The summed E-state index contributed by atoms with van der Waals surface area (Å²) in [4.78, 5) is 21.4. The fourth-order valence-corrected chi connectivity index (χ4v) is 4.44. The molecule has 2 atom stereocenters. The lowest BCUT2D eigenvalue weighted by molar-refractivity contribution is -0.123. The molecule has 2 heterocycles. The summed E-state index contributed by atoms with van der Waals surface area (Å²) in [5.74, 6) is 2.77. The highest BCUT2D eigenvalue weighted by Gasteiger charge is 2.34. The van der Waals surface area contributed by atoms with Crippen molar-refractivity contribution in [1.82, 2.24) is 30.3 Å². The molecule has 146 valence electrons. The number of nitrogens with zero attached hydrogens (tertiary/aromatic N) is 4. The van der Waals surface area contributed by atoms with E-state index in [1.165, 1.54) is 38.6 Å². The third-order valence-corrected chi connectivity index (χ3v) is 5.69. The summed E-state index contributed by atoms with van der Waals surface area (Å²) in [6, 6.07) is 0.0787. The molecule has 1 aliphatic carbocycles. The number of carbonyl (C=O) groups excluding carboxylic acids is 1. The lowest BCUT2D eigenvalue weighted by atomic mass is 9.86. The zero-order valence-corrected chi connectivity index (χ0v) is 16.5. The summed E-state index contributed by atoms with van der Waals surface area (Å²) in [6.45, 7) is 5.47. The molecule has 1 saturated heterocycles. The second-order valence-corrected chi connectivity index (χ2v) is 8.35. The van der Waals surface area contributed by atoms with Gasteiger partial charge in [0.2, 0.25) is 5.91 Å². The number of aromatic amines is 1. The summed E-state index contributed by atoms with van der Waals surface area (Å²) in [5.41, 5.74) is 0. The second-order valence-electron chi connectivity index (χ2n) is 8.35. The van der Waals surface area contributed by atoms with Crippen molar-refractivity contribution in [2.24, 2.45) is 5.92 Å². The van der Waals surface area contributed by atoms with Crippen molar-refractivity contribution < 1.29 is 4.79 Å². The quantitative estimate of drug-likeness (QED) is 0.802. The molecule has 0 aromatic carbocycles. The third kappa shape index (κ3) is 5.27. The normalized spacial score (nSPS) is 25.5. The molecule has 1 saturated carbocycles. The maximum Gasteiger partial charge on any atom is 0.234 e. The van der Waals surface area contributed by atoms with Crippen LogP contribution in [0.1, 0.15) is 56.1 Å². The minimum absolute atomic E-state index is 0.0787. The van der Waals surface area contributed by atoms with Crippen LogP contribution >= 0.6 is 0 Å². The predicted octanol–water partition coefficient (Wildman–Crippen LogP) is 1.53. The fourth-order valence-electron chi connectivity index (χ4n) is 4.44. The molecule has 0 bridgehead atoms. The number of carbonyl (C=O) groups is 1. The van der Waals surface area contributed by atoms with Gasteiger partial charge in [0.1, 0.15) is 5.82 Å². The second kappa shape index (κ2) is 8.95. The number of likely N-dealkylation sites (N-methyl/N-ethyl adjacent to an activating group) is 1. The number of hydrogen-bond acceptors (Lipinski definition) is 5. The summed E-state index contributed by atoms with van der Waals surface area (Å²) >= 11 is 0. The van der Waals surface area contributed by atoms with Crippen molar-refractivity contribution in [3.05, 3.63) is 11.6 Å². The van der Waals surface area contributed by atoms with Gasteiger partial charge in [-0.15, -0.1) is 0 Å². The molecular weight excluding hydrogens is 328 g/mol. The van der Waals surface area contributed by atoms with E-state index in [0.29, 0.717) is 6.54 Å². The molecule has 26 heavy (non-hydrogen) atoms. The predicted molar refractivity (Wildman–Crippen MR) is 102 cm³/mol. The largest absolute Gasteiger partial charge is 0.350 e. The topological polar surface area (TPSA) is 77.2 Å². The summed E-state index contributed by atoms with van der Waals surface area (Å²) < 4.78 is 0. The van der Waals surface area contributed by atoms with Crippen LogP contribution in [0.2, 0.25) is 0 Å². The third-order valence-electron chi connectivity index (χ3n) is 5.69. The van der Waals surface area contributed by atoms with E-state index in [9.17, 15) is 4.79 Å². The Morgan fingerprint density at radius 3 is 2.69 bits per heavy atom. The molecule has 7 heteroatoms. The molecule has 1 aromatic heterocycles. The average molecular weight is 363 g/mol. The number of piperidine rings is 1. The van der Waals surface area contributed by atoms with Gasteiger partial charge in [0.15, 0.2) is 5.82 Å². The first kappa shape index (κ1) is 19.3. The molecular formula is C19H34N6O. The van der Waals surface area contributed by atoms with Gasteiger partial charge in [0.25, 0.3) is 0 Å². The maximum atomic E-state index is 12.4. The Kier molecular flexibility index (Phi) is 6.64. The van der Waals surface area contributed by atoms with E-state index in [1.807, 2.05) is 25.9 Å². The van der Waals surface area contributed by atoms with Crippen LogP contribution in [0.15, 0.2) is 0 Å². The van der Waals surface area contributed by atoms with E-state index in [1.54, 1.807) is 0 Å². The standard InChI is InChI=1S/C19H34N6O/c1-14-20-19(23-22-14)16-9-10-25(11-15-7-5-4-6-8-15)12-17(16)21-18(26)13-24(2)3/h15-17H,4-13H2,1-3H3,(H,21,26)(H,20,22,23)/t16-,17+/m0/s1. The maximum absolute atomic E-state index is 12.4. The van der Waals surface area contributed by atoms with Crippen molar-refractivity contribution >= 4 is 5.91 Å². The van der Waals surface area contributed by atoms with Gasteiger partial charge in [-0.25, -0.2) is 4.98 Å². The first-order chi connectivity index (χ1) is 12.5. The van der Waals surface area contributed by atoms with Crippen LogP contribution in [0, 0.1) is 12.8 Å². The lowest BCUT2D eigenvalue weighted by Gasteiger charge is -2.40. The molecule has 7 nitrogen and oxygen atoms in total. The van der Waals surface area contributed by atoms with E-state index in [0.717, 1.165) is 37.1 Å². The van der Waals surface area contributed by atoms with Gasteiger partial charge in [-0.3, -0.25) is 9.89 Å². The Morgan fingerprint density at radius 1 is 1.27 bits per heavy atom. The Labute approximate surface area is 156 Å². The van der Waals surface area contributed by atoms with Crippen molar-refractivity contribution in [1.29, 1.82) is 0 Å². The first-order valence-corrected chi connectivity index (χ1v) is 10.1. The highest BCUT2D eigenvalue weighted by atomic mass is 16.2. The molecule has 0 radical (unpaired) electrons. The molecule has 2 fully saturated rings. The fraction of sp³-hybridized carbons (Fsp3) is 0.842. The van der Waals surface area contributed by atoms with Crippen molar-refractivity contribution in [3.63, 3.8) is 0 Å². The minimum Gasteiger partial charge on any atom is -0.350 e. The SMILES string of the molecule is Cc1nc([C@H]2CCN(CC3CCCCC3)C[C@H]2NC(=O)CN(C)C)n[nH]1. The van der Waals surface area contributed by atoms with Gasteiger partial charge in [-0.1, -0.05) is 19.3 Å². The first-order valence-electron chi connectivity index (χ1n) is 10.1. The number of amides is 1. The summed E-state index contributed by atoms with van der Waals surface area (Å²) in [6.07, 6.45) is 7.86. The summed E-state index contributed by atoms with van der Waals surface area (Å²) in [5, 5.41) is 10.6. The molecule has 1 aromatic rings. The van der Waals surface area contributed by atoms with Crippen LogP contribution in [0.25, 0.3) is 0 Å². The molecule has 2 aliphatic rings. The number of aromatic nitrogens is 3. The van der Waals surface area contributed by atoms with E-state index in [2.05, 4.69) is 25.4 Å². The number of nitrogens with one attached hydrogen (secondary N) is 2. The van der Waals surface area contributed by atoms with Crippen molar-refractivity contribution in [2.45, 2.75) is 57.4 Å². The molecule has 0 unspecified atom stereocenters. The van der Waals surface area contributed by atoms with Crippen molar-refractivity contribution in [3.8, 4) is 0 Å². The smallest absolute Gasteiger partial charge is 0.234 e. The van der Waals surface area contributed by atoms with Gasteiger partial charge < -0.3 is 15.1 Å². The van der Waals surface area contributed by atoms with Crippen LogP contribution in [-0.4, -0.2) is 77.2 Å². The van der Waals surface area contributed by atoms with Gasteiger partial charge in [0.05, 0.1) is 12.6 Å². The number of rotatable bonds is 6. The van der Waals surface area contributed by atoms with Crippen LogP contribution < -0.4 is 5.32 Å². The van der Waals surface area contributed by atoms with Gasteiger partial charge >= 0.3 is 0 Å². The Hall–Kier alpha value is -1.47. The van der Waals surface area contributed by atoms with Gasteiger partial charge in [-0.05, 0) is 52.7 Å². The number of H-pyrrole nitrogens is 1. The zero-order valence-electron chi connectivity index (χ0n) is 16.5. The number of likely N-dealkylation sites (tertiary alicyclic amines) is 1. The van der Waals surface area contributed by atoms with Crippen LogP contribution in [0.5, 0.6) is 0 Å². The highest BCUT2D eigenvalue weighted by molar-refractivity contribution is 5.78. The molecule has 3 rings (SSSR count). The van der Waals surface area contributed by atoms with Crippen LogP contribution in [0.3, 0.4) is 0 Å². The van der Waals surface area contributed by atoms with Gasteiger partial charge in [-0.2, -0.15) is 5.10 Å². The average Bonchev–Trinajstić information content (AvgIpc) is 3.01. The van der Waals surface area contributed by atoms with E-state index in [-0.39, 0.29) is 17.9 Å². The highest BCUT2D eigenvalue weighted by Crippen LogP contribution is 2.29. The van der Waals surface area contributed by atoms with Crippen molar-refractivity contribution in [2.75, 3.05) is 40.3 Å². The lowest BCUT2D eigenvalue weighted by Crippen LogP contribution is -2.54. The number of aryl methyl sites for hydroxylation is 1. The Bertz CT molecular complexity index is 580. The van der Waals surface area contributed by atoms with E-state index >= 15 is 0 Å². The van der Waals surface area contributed by atoms with E-state index < -0.39 is 0 Å². The zero-order chi connectivity index (χ0) is 18.5. The molecule has 2 N–H and O–H groups in total. The van der Waals surface area contributed by atoms with Gasteiger partial charge in [0, 0.05) is 19.0 Å². The molecule has 1 amide bonds. The molecule has 1 aliphatic heterocycles. The Morgan fingerprint density at radius 2 is 2.04 bits per heavy atom. The Balaban J connectivity index is 1.65. The molecule has 0 spiro atoms.